The molecule has 3 heterocycles. The van der Waals surface area contributed by atoms with Gasteiger partial charge in [0.1, 0.15) is 21.5 Å². The minimum absolute atomic E-state index is 0.217. The Morgan fingerprint density at radius 3 is 2.89 bits per heavy atom. The quantitative estimate of drug-likeness (QED) is 0.541. The van der Waals surface area contributed by atoms with Gasteiger partial charge in [-0.25, -0.2) is 14.4 Å². The first kappa shape index (κ1) is 17.6. The van der Waals surface area contributed by atoms with Crippen LogP contribution in [0.1, 0.15) is 21.1 Å². The smallest absolute Gasteiger partial charge is 0.263 e. The summed E-state index contributed by atoms with van der Waals surface area (Å²) in [6, 6.07) is 8.83. The molecule has 0 aliphatic heterocycles. The molecule has 8 heteroatoms. The highest BCUT2D eigenvalue weighted by Crippen LogP contribution is 2.28. The van der Waals surface area contributed by atoms with E-state index in [0.29, 0.717) is 22.0 Å². The van der Waals surface area contributed by atoms with E-state index < -0.39 is 0 Å². The Hall–Kier alpha value is -2.84. The van der Waals surface area contributed by atoms with Gasteiger partial charge in [0.05, 0.1) is 16.8 Å². The van der Waals surface area contributed by atoms with Gasteiger partial charge < -0.3 is 9.88 Å². The van der Waals surface area contributed by atoms with Crippen molar-refractivity contribution < 1.29 is 9.18 Å². The van der Waals surface area contributed by atoms with E-state index in [1.165, 1.54) is 17.4 Å². The number of imidazole rings is 1. The van der Waals surface area contributed by atoms with Gasteiger partial charge in [0.25, 0.3) is 5.91 Å². The van der Waals surface area contributed by atoms with Gasteiger partial charge in [-0.1, -0.05) is 12.1 Å². The van der Waals surface area contributed by atoms with Gasteiger partial charge >= 0.3 is 0 Å². The number of amides is 1. The average molecular weight is 398 g/mol. The maximum Gasteiger partial charge on any atom is 0.263 e. The SMILES string of the molecule is Cc1nccn1-c1ccc(CNC(=O)c2cnc(-c3cccs3)s2)cc1F. The first-order valence-corrected chi connectivity index (χ1v) is 9.88. The Morgan fingerprint density at radius 2 is 2.19 bits per heavy atom. The number of carbonyl (C=O) groups is 1. The maximum absolute atomic E-state index is 14.4. The fourth-order valence-electron chi connectivity index (χ4n) is 2.65. The molecule has 1 aromatic carbocycles. The molecule has 0 aliphatic carbocycles. The number of aryl methyl sites for hydroxylation is 1. The standard InChI is InChI=1S/C19H15FN4OS2/c1-12-21-6-7-24(12)15-5-4-13(9-14(15)20)10-22-18(25)17-11-23-19(27-17)16-3-2-8-26-16/h2-9,11H,10H2,1H3,(H,22,25). The van der Waals surface area contributed by atoms with Crippen molar-refractivity contribution in [1.29, 1.82) is 0 Å². The van der Waals surface area contributed by atoms with Crippen LogP contribution in [-0.2, 0) is 6.54 Å². The minimum atomic E-state index is -0.361. The highest BCUT2D eigenvalue weighted by atomic mass is 32.1. The predicted octanol–water partition coefficient (Wildman–Crippen LogP) is 4.43. The monoisotopic (exact) mass is 398 g/mol. The second-order valence-corrected chi connectivity index (χ2v) is 7.80. The zero-order valence-corrected chi connectivity index (χ0v) is 16.0. The van der Waals surface area contributed by atoms with E-state index >= 15 is 0 Å². The summed E-state index contributed by atoms with van der Waals surface area (Å²) >= 11 is 2.92. The molecule has 0 saturated heterocycles. The summed E-state index contributed by atoms with van der Waals surface area (Å²) in [5, 5.41) is 5.61. The molecule has 0 aliphatic rings. The van der Waals surface area contributed by atoms with E-state index in [1.54, 1.807) is 46.6 Å². The number of carbonyl (C=O) groups excluding carboxylic acids is 1. The number of thiophene rings is 1. The number of aromatic nitrogens is 3. The summed E-state index contributed by atoms with van der Waals surface area (Å²) in [5.41, 5.74) is 1.12. The average Bonchev–Trinajstić information content (AvgIpc) is 3.41. The maximum atomic E-state index is 14.4. The summed E-state index contributed by atoms with van der Waals surface area (Å²) in [4.78, 5) is 22.3. The molecule has 5 nitrogen and oxygen atoms in total. The van der Waals surface area contributed by atoms with Gasteiger partial charge in [0.2, 0.25) is 0 Å². The Bertz CT molecular complexity index is 1090. The summed E-state index contributed by atoms with van der Waals surface area (Å²) < 4.78 is 16.1. The van der Waals surface area contributed by atoms with Crippen LogP contribution >= 0.6 is 22.7 Å². The molecule has 1 amide bonds. The molecule has 136 valence electrons. The number of rotatable bonds is 5. The van der Waals surface area contributed by atoms with Crippen molar-refractivity contribution >= 4 is 28.6 Å². The molecule has 0 atom stereocenters. The topological polar surface area (TPSA) is 59.8 Å². The molecule has 0 spiro atoms. The largest absolute Gasteiger partial charge is 0.347 e. The van der Waals surface area contributed by atoms with Crippen LogP contribution in [0.3, 0.4) is 0 Å². The van der Waals surface area contributed by atoms with Crippen molar-refractivity contribution in [3.63, 3.8) is 0 Å². The van der Waals surface area contributed by atoms with Gasteiger partial charge in [-0.05, 0) is 36.1 Å². The first-order chi connectivity index (χ1) is 13.1. The molecule has 0 unspecified atom stereocenters. The van der Waals surface area contributed by atoms with Gasteiger partial charge in [-0.3, -0.25) is 4.79 Å². The minimum Gasteiger partial charge on any atom is -0.347 e. The number of benzene rings is 1. The Morgan fingerprint density at radius 1 is 1.30 bits per heavy atom. The van der Waals surface area contributed by atoms with Gasteiger partial charge in [-0.2, -0.15) is 0 Å². The molecule has 0 saturated carbocycles. The molecule has 0 bridgehead atoms. The highest BCUT2D eigenvalue weighted by molar-refractivity contribution is 7.21. The second kappa shape index (κ2) is 7.42. The summed E-state index contributed by atoms with van der Waals surface area (Å²) in [7, 11) is 0. The lowest BCUT2D eigenvalue weighted by atomic mass is 10.2. The fourth-order valence-corrected chi connectivity index (χ4v) is 4.29. The zero-order chi connectivity index (χ0) is 18.8. The van der Waals surface area contributed by atoms with E-state index in [1.807, 2.05) is 24.4 Å². The molecule has 0 radical (unpaired) electrons. The number of hydrogen-bond acceptors (Lipinski definition) is 5. The predicted molar refractivity (Wildman–Crippen MR) is 105 cm³/mol. The summed E-state index contributed by atoms with van der Waals surface area (Å²) in [5.74, 6) is 0.132. The van der Waals surface area contributed by atoms with E-state index in [0.717, 1.165) is 9.88 Å². The third-order valence-corrected chi connectivity index (χ3v) is 6.05. The molecule has 27 heavy (non-hydrogen) atoms. The van der Waals surface area contributed by atoms with Crippen LogP contribution in [0.15, 0.2) is 54.3 Å². The molecule has 4 aromatic rings. The van der Waals surface area contributed by atoms with Crippen LogP contribution < -0.4 is 5.32 Å². The van der Waals surface area contributed by atoms with E-state index in [9.17, 15) is 9.18 Å². The number of nitrogens with zero attached hydrogens (tertiary/aromatic N) is 3. The Balaban J connectivity index is 1.43. The summed E-state index contributed by atoms with van der Waals surface area (Å²) in [6.45, 7) is 2.05. The molecule has 3 aromatic heterocycles. The van der Waals surface area contributed by atoms with Crippen LogP contribution in [0.2, 0.25) is 0 Å². The van der Waals surface area contributed by atoms with Crippen LogP contribution in [-0.4, -0.2) is 20.4 Å². The Kier molecular flexibility index (Phi) is 4.83. The van der Waals surface area contributed by atoms with Crippen molar-refractivity contribution in [2.24, 2.45) is 0 Å². The normalized spacial score (nSPS) is 10.9. The number of hydrogen-bond donors (Lipinski definition) is 1. The molecule has 0 fully saturated rings. The molecular weight excluding hydrogens is 383 g/mol. The van der Waals surface area contributed by atoms with E-state index in [-0.39, 0.29) is 18.3 Å². The van der Waals surface area contributed by atoms with Gasteiger partial charge in [-0.15, -0.1) is 22.7 Å². The molecule has 1 N–H and O–H groups in total. The second-order valence-electron chi connectivity index (χ2n) is 5.82. The van der Waals surface area contributed by atoms with Crippen LogP contribution in [0.25, 0.3) is 15.6 Å². The van der Waals surface area contributed by atoms with Crippen LogP contribution in [0.4, 0.5) is 4.39 Å². The van der Waals surface area contributed by atoms with Crippen molar-refractivity contribution in [1.82, 2.24) is 19.9 Å². The number of thiazole rings is 1. The summed E-state index contributed by atoms with van der Waals surface area (Å²) in [6.07, 6.45) is 4.91. The third kappa shape index (κ3) is 3.67. The Labute approximate surface area is 163 Å². The van der Waals surface area contributed by atoms with E-state index in [4.69, 9.17) is 0 Å². The van der Waals surface area contributed by atoms with Crippen molar-refractivity contribution in [2.75, 3.05) is 0 Å². The van der Waals surface area contributed by atoms with Gasteiger partial charge in [0.15, 0.2) is 0 Å². The first-order valence-electron chi connectivity index (χ1n) is 8.18. The zero-order valence-electron chi connectivity index (χ0n) is 14.3. The van der Waals surface area contributed by atoms with E-state index in [2.05, 4.69) is 15.3 Å². The van der Waals surface area contributed by atoms with Crippen LogP contribution in [0, 0.1) is 12.7 Å². The lowest BCUT2D eigenvalue weighted by Crippen LogP contribution is -2.21. The van der Waals surface area contributed by atoms with Crippen molar-refractivity contribution in [3.05, 3.63) is 76.4 Å². The lowest BCUT2D eigenvalue weighted by Gasteiger charge is -2.09. The third-order valence-electron chi connectivity index (χ3n) is 4.01. The lowest BCUT2D eigenvalue weighted by molar-refractivity contribution is 0.0954. The fraction of sp³-hybridized carbons (Fsp3) is 0.105. The van der Waals surface area contributed by atoms with Gasteiger partial charge in [0, 0.05) is 18.9 Å². The highest BCUT2D eigenvalue weighted by Gasteiger charge is 2.13. The molecular formula is C19H15FN4OS2. The molecule has 4 rings (SSSR count). The van der Waals surface area contributed by atoms with Crippen molar-refractivity contribution in [2.45, 2.75) is 13.5 Å². The van der Waals surface area contributed by atoms with Crippen molar-refractivity contribution in [3.8, 4) is 15.6 Å². The number of nitrogens with one attached hydrogen (secondary N) is 1. The number of halogens is 1. The van der Waals surface area contributed by atoms with Crippen LogP contribution in [0.5, 0.6) is 0 Å².